The fourth-order valence-corrected chi connectivity index (χ4v) is 4.39. The van der Waals surface area contributed by atoms with Gasteiger partial charge in [-0.3, -0.25) is 9.80 Å². The molecule has 6 heteroatoms. The Bertz CT molecular complexity index is 876. The van der Waals surface area contributed by atoms with E-state index in [9.17, 15) is 10.1 Å². The molecule has 2 N–H and O–H groups in total. The maximum absolute atomic E-state index is 13.2. The number of allylic oxidation sites excluding steroid dienone is 3. The first kappa shape index (κ1) is 18.7. The van der Waals surface area contributed by atoms with Crippen molar-refractivity contribution in [1.82, 2.24) is 10.0 Å². The minimum atomic E-state index is -0.424. The first-order chi connectivity index (χ1) is 12.2. The second-order valence-corrected chi connectivity index (χ2v) is 8.77. The van der Waals surface area contributed by atoms with Crippen LogP contribution in [0, 0.1) is 16.7 Å². The summed E-state index contributed by atoms with van der Waals surface area (Å²) in [7, 11) is 3.75. The quantitative estimate of drug-likeness (QED) is 0.798. The number of hydrogen-bond acceptors (Lipinski definition) is 5. The van der Waals surface area contributed by atoms with Gasteiger partial charge >= 0.3 is 0 Å². The molecule has 0 unspecified atom stereocenters. The van der Waals surface area contributed by atoms with E-state index in [1.54, 1.807) is 0 Å². The van der Waals surface area contributed by atoms with Crippen LogP contribution in [0.2, 0.25) is 0 Å². The molecule has 0 amide bonds. The van der Waals surface area contributed by atoms with Crippen LogP contribution in [0.4, 0.5) is 0 Å². The Kier molecular flexibility index (Phi) is 4.72. The monoisotopic (exact) mass is 414 g/mol. The van der Waals surface area contributed by atoms with Gasteiger partial charge in [0.15, 0.2) is 5.78 Å². The van der Waals surface area contributed by atoms with Crippen molar-refractivity contribution in [3.63, 3.8) is 0 Å². The van der Waals surface area contributed by atoms with E-state index >= 15 is 0 Å². The summed E-state index contributed by atoms with van der Waals surface area (Å²) in [6.45, 7) is 4.19. The number of nitriles is 1. The van der Waals surface area contributed by atoms with Crippen LogP contribution in [0.3, 0.4) is 0 Å². The van der Waals surface area contributed by atoms with Gasteiger partial charge in [-0.05, 0) is 29.5 Å². The van der Waals surface area contributed by atoms with E-state index in [0.717, 1.165) is 22.2 Å². The largest absolute Gasteiger partial charge is 0.383 e. The summed E-state index contributed by atoms with van der Waals surface area (Å²) in [6.07, 6.45) is 1.20. The Morgan fingerprint density at radius 2 is 2.04 bits per heavy atom. The van der Waals surface area contributed by atoms with Gasteiger partial charge in [-0.1, -0.05) is 41.9 Å². The third-order valence-electron chi connectivity index (χ3n) is 4.94. The average Bonchev–Trinajstić information content (AvgIpc) is 2.52. The zero-order valence-corrected chi connectivity index (χ0v) is 17.1. The molecular formula is C20H23BrN4O. The van der Waals surface area contributed by atoms with Gasteiger partial charge in [0.2, 0.25) is 0 Å². The number of Topliss-reactive ketones (excluding diaryl/α,β-unsaturated/α-hetero) is 1. The second kappa shape index (κ2) is 6.57. The lowest BCUT2D eigenvalue weighted by molar-refractivity contribution is -0.119. The smallest absolute Gasteiger partial charge is 0.162 e. The minimum absolute atomic E-state index is 0.0910. The molecule has 0 spiro atoms. The van der Waals surface area contributed by atoms with Crippen LogP contribution in [0.25, 0.3) is 0 Å². The van der Waals surface area contributed by atoms with Crippen molar-refractivity contribution in [3.8, 4) is 6.07 Å². The lowest BCUT2D eigenvalue weighted by Crippen LogP contribution is -2.47. The highest BCUT2D eigenvalue weighted by Crippen LogP contribution is 2.49. The van der Waals surface area contributed by atoms with E-state index in [2.05, 4.69) is 35.8 Å². The summed E-state index contributed by atoms with van der Waals surface area (Å²) < 4.78 is 0.909. The van der Waals surface area contributed by atoms with E-state index in [1.807, 2.05) is 48.4 Å². The van der Waals surface area contributed by atoms with Gasteiger partial charge in [0, 0.05) is 36.3 Å². The molecule has 0 aromatic heterocycles. The maximum Gasteiger partial charge on any atom is 0.162 e. The summed E-state index contributed by atoms with van der Waals surface area (Å²) in [5, 5.41) is 13.5. The highest BCUT2D eigenvalue weighted by Gasteiger charge is 2.44. The highest BCUT2D eigenvalue weighted by atomic mass is 79.9. The first-order valence-corrected chi connectivity index (χ1v) is 9.34. The molecule has 1 aromatic carbocycles. The van der Waals surface area contributed by atoms with Gasteiger partial charge in [0.25, 0.3) is 0 Å². The Morgan fingerprint density at radius 3 is 2.62 bits per heavy atom. The fourth-order valence-electron chi connectivity index (χ4n) is 3.97. The number of nitrogens with two attached hydrogens (primary N) is 1. The number of rotatable bonds is 2. The lowest BCUT2D eigenvalue weighted by Gasteiger charge is -2.45. The number of ketones is 1. The molecule has 26 heavy (non-hydrogen) atoms. The number of carbonyl (C=O) groups excluding carboxylic acids is 1. The van der Waals surface area contributed by atoms with Crippen molar-refractivity contribution in [2.45, 2.75) is 32.6 Å². The second-order valence-electron chi connectivity index (χ2n) is 7.86. The van der Waals surface area contributed by atoms with E-state index in [0.29, 0.717) is 23.4 Å². The number of nitrogens with zero attached hydrogens (tertiary/aromatic N) is 3. The zero-order chi connectivity index (χ0) is 19.2. The Balaban J connectivity index is 2.30. The van der Waals surface area contributed by atoms with Gasteiger partial charge in [-0.25, -0.2) is 5.01 Å². The molecule has 1 aliphatic carbocycles. The Hall–Kier alpha value is -2.10. The van der Waals surface area contributed by atoms with Crippen LogP contribution in [-0.2, 0) is 4.79 Å². The van der Waals surface area contributed by atoms with Crippen LogP contribution in [0.15, 0.2) is 51.4 Å². The average molecular weight is 415 g/mol. The molecule has 0 saturated heterocycles. The molecule has 0 saturated carbocycles. The van der Waals surface area contributed by atoms with Gasteiger partial charge < -0.3 is 5.73 Å². The van der Waals surface area contributed by atoms with Crippen LogP contribution < -0.4 is 5.73 Å². The molecule has 136 valence electrons. The highest BCUT2D eigenvalue weighted by molar-refractivity contribution is 9.10. The lowest BCUT2D eigenvalue weighted by atomic mass is 9.69. The Morgan fingerprint density at radius 1 is 1.35 bits per heavy atom. The molecule has 1 aliphatic heterocycles. The number of halogens is 1. The fraction of sp³-hybridized carbons (Fsp3) is 0.400. The predicted octanol–water partition coefficient (Wildman–Crippen LogP) is 3.66. The summed E-state index contributed by atoms with van der Waals surface area (Å²) in [6, 6.07) is 10.0. The van der Waals surface area contributed by atoms with E-state index < -0.39 is 5.92 Å². The number of hydrogen-bond donors (Lipinski definition) is 1. The van der Waals surface area contributed by atoms with Gasteiger partial charge in [-0.2, -0.15) is 5.26 Å². The summed E-state index contributed by atoms with van der Waals surface area (Å²) in [4.78, 5) is 13.2. The standard InChI is InChI=1S/C20H23BrN4O/c1-20(2)9-15-18(16(26)10-20)17(12-6-5-7-13(21)8-12)14(11-22)19(23)25(15)24(3)4/h5-8,17H,9-10,23H2,1-4H3/t17-/m1/s1. The molecule has 0 fully saturated rings. The van der Waals surface area contributed by atoms with Crippen molar-refractivity contribution < 1.29 is 4.79 Å². The molecule has 1 atom stereocenters. The number of benzene rings is 1. The molecule has 0 radical (unpaired) electrons. The molecule has 5 nitrogen and oxygen atoms in total. The number of hydrazine groups is 1. The number of carbonyl (C=O) groups is 1. The molecular weight excluding hydrogens is 392 g/mol. The van der Waals surface area contributed by atoms with Crippen LogP contribution in [0.1, 0.15) is 38.2 Å². The van der Waals surface area contributed by atoms with Crippen LogP contribution in [0.5, 0.6) is 0 Å². The summed E-state index contributed by atoms with van der Waals surface area (Å²) in [5.41, 5.74) is 9.20. The van der Waals surface area contributed by atoms with Crippen molar-refractivity contribution >= 4 is 21.7 Å². The summed E-state index contributed by atoms with van der Waals surface area (Å²) in [5.74, 6) is 0.0624. The van der Waals surface area contributed by atoms with E-state index in [-0.39, 0.29) is 11.2 Å². The SMILES string of the molecule is CN(C)N1C(N)=C(C#N)[C@@H](c2cccc(Br)c2)C2=C1CC(C)(C)CC2=O. The third kappa shape index (κ3) is 3.06. The van der Waals surface area contributed by atoms with Crippen LogP contribution >= 0.6 is 15.9 Å². The molecule has 0 bridgehead atoms. The molecule has 1 heterocycles. The molecule has 3 rings (SSSR count). The maximum atomic E-state index is 13.2. The van der Waals surface area contributed by atoms with Gasteiger partial charge in [0.1, 0.15) is 5.82 Å². The third-order valence-corrected chi connectivity index (χ3v) is 5.43. The van der Waals surface area contributed by atoms with E-state index in [4.69, 9.17) is 5.73 Å². The topological polar surface area (TPSA) is 73.4 Å². The van der Waals surface area contributed by atoms with Gasteiger partial charge in [0.05, 0.1) is 17.6 Å². The first-order valence-electron chi connectivity index (χ1n) is 8.55. The van der Waals surface area contributed by atoms with Crippen LogP contribution in [-0.4, -0.2) is 29.9 Å². The zero-order valence-electron chi connectivity index (χ0n) is 15.5. The molecule has 1 aromatic rings. The van der Waals surface area contributed by atoms with E-state index in [1.165, 1.54) is 0 Å². The Labute approximate surface area is 162 Å². The van der Waals surface area contributed by atoms with Crippen molar-refractivity contribution in [2.24, 2.45) is 11.1 Å². The normalized spacial score (nSPS) is 22.6. The van der Waals surface area contributed by atoms with Crippen molar-refractivity contribution in [2.75, 3.05) is 14.1 Å². The molecule has 2 aliphatic rings. The van der Waals surface area contributed by atoms with Gasteiger partial charge in [-0.15, -0.1) is 0 Å². The minimum Gasteiger partial charge on any atom is -0.383 e. The predicted molar refractivity (Wildman–Crippen MR) is 104 cm³/mol. The van der Waals surface area contributed by atoms with Crippen molar-refractivity contribution in [1.29, 1.82) is 5.26 Å². The summed E-state index contributed by atoms with van der Waals surface area (Å²) >= 11 is 3.49. The van der Waals surface area contributed by atoms with Crippen molar-refractivity contribution in [3.05, 3.63) is 57.0 Å².